The van der Waals surface area contributed by atoms with Crippen LogP contribution in [0.15, 0.2) is 54.6 Å². The summed E-state index contributed by atoms with van der Waals surface area (Å²) >= 11 is 1.23. The number of aliphatic carboxylic acids is 1. The number of rotatable bonds is 18. The smallest absolute Gasteiger partial charge is 0.303 e. The summed E-state index contributed by atoms with van der Waals surface area (Å²) in [5, 5.41) is 76.2. The van der Waals surface area contributed by atoms with Gasteiger partial charge in [0.15, 0.2) is 0 Å². The quantitative estimate of drug-likeness (QED) is 0.0659. The summed E-state index contributed by atoms with van der Waals surface area (Å²) in [5.41, 5.74) is 11.6. The third-order valence-corrected chi connectivity index (χ3v) is 14.9. The zero-order chi connectivity index (χ0) is 67.5. The van der Waals surface area contributed by atoms with Crippen molar-refractivity contribution in [1.82, 2.24) is 63.4 Å². The Balaban J connectivity index is 1.77. The number of fused-ring (bicyclic) bond motifs is 1. The van der Waals surface area contributed by atoms with Crippen LogP contribution >= 0.6 is 11.8 Å². The molecule has 35 heteroatoms. The molecule has 11 unspecified atom stereocenters. The lowest BCUT2D eigenvalue weighted by Crippen LogP contribution is -2.61. The average Bonchev–Trinajstić information content (AvgIpc) is 3.71. The molecule has 20 N–H and O–H groups in total. The summed E-state index contributed by atoms with van der Waals surface area (Å²) in [7, 11) is 0. The molecule has 2 fully saturated rings. The molecule has 498 valence electrons. The van der Waals surface area contributed by atoms with Gasteiger partial charge in [0.1, 0.15) is 66.2 Å². The second-order valence-electron chi connectivity index (χ2n) is 21.3. The van der Waals surface area contributed by atoms with Crippen molar-refractivity contribution >= 4 is 100 Å². The minimum absolute atomic E-state index is 0.0266. The number of amides is 14. The zero-order valence-corrected chi connectivity index (χ0v) is 50.5. The van der Waals surface area contributed by atoms with Gasteiger partial charge < -0.3 is 100 Å². The van der Waals surface area contributed by atoms with E-state index in [2.05, 4.69) is 58.5 Å². The molecule has 0 radical (unpaired) electrons. The molecule has 0 saturated carbocycles. The fourth-order valence-electron chi connectivity index (χ4n) is 9.34. The van der Waals surface area contributed by atoms with Crippen molar-refractivity contribution in [2.45, 2.75) is 138 Å². The number of carboxylic acid groups (broad SMARTS) is 1. The van der Waals surface area contributed by atoms with Gasteiger partial charge in [-0.1, -0.05) is 42.5 Å². The molecule has 11 atom stereocenters. The molecule has 4 rings (SSSR count). The van der Waals surface area contributed by atoms with Gasteiger partial charge in [-0.15, -0.1) is 0 Å². The maximum atomic E-state index is 14.5. The van der Waals surface area contributed by atoms with Crippen molar-refractivity contribution < 1.29 is 97.5 Å². The van der Waals surface area contributed by atoms with Crippen molar-refractivity contribution in [1.29, 1.82) is 0 Å². The number of thioether (sulfide) groups is 1. The third kappa shape index (κ3) is 24.4. The first-order valence-electron chi connectivity index (χ1n) is 28.7. The van der Waals surface area contributed by atoms with Crippen molar-refractivity contribution in [3.8, 4) is 5.75 Å². The summed E-state index contributed by atoms with van der Waals surface area (Å²) < 4.78 is 0. The number of phenolic OH excluding ortho intramolecular Hbond substituents is 1. The van der Waals surface area contributed by atoms with Crippen LogP contribution in [0.3, 0.4) is 0 Å². The Labute approximate surface area is 525 Å². The molecule has 0 spiro atoms. The standard InChI is InChI=1S/C56H78N14O20S/c1-28(73)46-56(90)59-24-43(77)61-39(27-72)54(88)66-36(22-30-10-12-31(74)13-11-30)52(86)68-38(26-71)47(81)60-25-44(78)70-19-6-9-40(70)55(89)67-37(23-42(58)76)53(87)63-33(15-17-45(79)80)48(82)65-35(21-29-7-4-3-5-8-29)51(85)64-34(18-20-91-2)49(83)62-32(50(84)69-46)14-16-41(57)75/h3-5,7-8,10-13,28,32-40,46,71-74H,6,9,14-27H2,1-2H3,(H2,57,75)(H2,58,76)(H,59,90)(H,60,81)(H,61,77)(H,62,83)(H,63,87)(H,64,85)(H,65,82)(H,66,88)(H,67,89)(H,68,86)(H,69,84)(H,79,80). The number of nitrogens with one attached hydrogen (secondary N) is 11. The fraction of sp³-hybridized carbons (Fsp3) is 0.518. The van der Waals surface area contributed by atoms with Crippen LogP contribution in [-0.4, -0.2) is 230 Å². The number of hydrogen-bond donors (Lipinski definition) is 18. The minimum Gasteiger partial charge on any atom is -0.508 e. The van der Waals surface area contributed by atoms with Gasteiger partial charge in [0.25, 0.3) is 0 Å². The Morgan fingerprint density at radius 1 is 0.549 bits per heavy atom. The van der Waals surface area contributed by atoms with E-state index in [0.717, 1.165) is 11.8 Å². The van der Waals surface area contributed by atoms with Crippen molar-refractivity contribution in [2.24, 2.45) is 11.5 Å². The number of carboxylic acids is 1. The van der Waals surface area contributed by atoms with E-state index in [-0.39, 0.29) is 50.2 Å². The predicted octanol–water partition coefficient (Wildman–Crippen LogP) is -8.10. The maximum Gasteiger partial charge on any atom is 0.303 e. The second-order valence-corrected chi connectivity index (χ2v) is 22.3. The summed E-state index contributed by atoms with van der Waals surface area (Å²) in [5.74, 6) is -17.0. The molecule has 2 aliphatic heterocycles. The monoisotopic (exact) mass is 1300 g/mol. The number of carbonyl (C=O) groups excluding carboxylic acids is 14. The molecule has 2 aromatic carbocycles. The first kappa shape index (κ1) is 74.0. The Hall–Kier alpha value is -9.48. The zero-order valence-electron chi connectivity index (χ0n) is 49.7. The van der Waals surface area contributed by atoms with Crippen LogP contribution in [-0.2, 0) is 84.8 Å². The van der Waals surface area contributed by atoms with Gasteiger partial charge in [-0.2, -0.15) is 11.8 Å². The highest BCUT2D eigenvalue weighted by Gasteiger charge is 2.39. The number of benzene rings is 2. The van der Waals surface area contributed by atoms with Gasteiger partial charge in [-0.25, -0.2) is 0 Å². The van der Waals surface area contributed by atoms with E-state index in [9.17, 15) is 97.5 Å². The Kier molecular flexibility index (Phi) is 30.0. The summed E-state index contributed by atoms with van der Waals surface area (Å²) in [6.07, 6.45) is -4.14. The molecular weight excluding hydrogens is 1220 g/mol. The SMILES string of the molecule is CSCCC1NC(=O)C(Cc2ccccc2)NC(=O)C(CCC(=O)O)NC(=O)C(CC(N)=O)NC(=O)C2CCCN2C(=O)CNC(=O)C(CO)NC(=O)C(Cc2ccc(O)cc2)NC(=O)C(CO)NC(=O)CNC(=O)C(C(C)O)NC(=O)C(CCC(N)=O)NC1=O. The van der Waals surface area contributed by atoms with Crippen LogP contribution in [0.25, 0.3) is 0 Å². The molecule has 91 heavy (non-hydrogen) atoms. The van der Waals surface area contributed by atoms with Gasteiger partial charge in [-0.05, 0) is 74.3 Å². The van der Waals surface area contributed by atoms with Gasteiger partial charge in [0, 0.05) is 32.2 Å². The van der Waals surface area contributed by atoms with E-state index in [1.807, 2.05) is 0 Å². The highest BCUT2D eigenvalue weighted by Crippen LogP contribution is 2.19. The first-order valence-corrected chi connectivity index (χ1v) is 30.1. The van der Waals surface area contributed by atoms with Gasteiger partial charge in [-0.3, -0.25) is 71.9 Å². The van der Waals surface area contributed by atoms with Crippen LogP contribution in [0.1, 0.15) is 69.4 Å². The van der Waals surface area contributed by atoms with E-state index in [4.69, 9.17) is 11.5 Å². The van der Waals surface area contributed by atoms with Gasteiger partial charge in [0.2, 0.25) is 82.7 Å². The molecule has 34 nitrogen and oxygen atoms in total. The lowest BCUT2D eigenvalue weighted by Gasteiger charge is -2.28. The van der Waals surface area contributed by atoms with Crippen LogP contribution < -0.4 is 70.0 Å². The van der Waals surface area contributed by atoms with Crippen LogP contribution in [0.5, 0.6) is 5.75 Å². The summed E-state index contributed by atoms with van der Waals surface area (Å²) in [6, 6.07) is -4.01. The summed E-state index contributed by atoms with van der Waals surface area (Å²) in [6.45, 7) is -3.07. The highest BCUT2D eigenvalue weighted by molar-refractivity contribution is 7.98. The molecule has 2 saturated heterocycles. The summed E-state index contributed by atoms with van der Waals surface area (Å²) in [4.78, 5) is 204. The molecule has 0 bridgehead atoms. The molecule has 2 heterocycles. The number of carbonyl (C=O) groups is 15. The normalized spacial score (nSPS) is 25.0. The maximum absolute atomic E-state index is 14.5. The predicted molar refractivity (Wildman–Crippen MR) is 318 cm³/mol. The molecular formula is C56H78N14O20S. The van der Waals surface area contributed by atoms with E-state index >= 15 is 0 Å². The number of aliphatic hydroxyl groups is 3. The number of aliphatic hydroxyl groups excluding tert-OH is 3. The molecule has 0 aromatic heterocycles. The lowest BCUT2D eigenvalue weighted by atomic mass is 10.0. The Morgan fingerprint density at radius 3 is 1.54 bits per heavy atom. The molecule has 14 amide bonds. The van der Waals surface area contributed by atoms with Crippen LogP contribution in [0, 0.1) is 0 Å². The third-order valence-electron chi connectivity index (χ3n) is 14.2. The number of nitrogens with zero attached hydrogens (tertiary/aromatic N) is 1. The highest BCUT2D eigenvalue weighted by atomic mass is 32.2. The van der Waals surface area contributed by atoms with E-state index < -0.39 is 214 Å². The Bertz CT molecular complexity index is 2960. The average molecular weight is 1300 g/mol. The van der Waals surface area contributed by atoms with Gasteiger partial charge >= 0.3 is 5.97 Å². The molecule has 0 aliphatic carbocycles. The number of phenols is 1. The fourth-order valence-corrected chi connectivity index (χ4v) is 9.81. The van der Waals surface area contributed by atoms with Crippen molar-refractivity contribution in [3.05, 3.63) is 65.7 Å². The number of hydrogen-bond acceptors (Lipinski definition) is 20. The molecule has 2 aromatic rings. The van der Waals surface area contributed by atoms with Crippen LogP contribution in [0.2, 0.25) is 0 Å². The lowest BCUT2D eigenvalue weighted by molar-refractivity contribution is -0.141. The van der Waals surface area contributed by atoms with E-state index in [1.54, 1.807) is 36.6 Å². The topological polar surface area (TPSA) is 545 Å². The van der Waals surface area contributed by atoms with Gasteiger partial charge in [0.05, 0.1) is 38.8 Å². The van der Waals surface area contributed by atoms with Crippen molar-refractivity contribution in [2.75, 3.05) is 44.9 Å². The second kappa shape index (κ2) is 36.9. The number of nitrogens with two attached hydrogens (primary N) is 2. The number of aromatic hydroxyl groups is 1. The largest absolute Gasteiger partial charge is 0.508 e. The number of primary amides is 2. The van der Waals surface area contributed by atoms with E-state index in [0.29, 0.717) is 11.1 Å². The first-order chi connectivity index (χ1) is 43.1. The van der Waals surface area contributed by atoms with Crippen molar-refractivity contribution in [3.63, 3.8) is 0 Å². The Morgan fingerprint density at radius 2 is 1.01 bits per heavy atom. The molecule has 2 aliphatic rings. The van der Waals surface area contributed by atoms with E-state index in [1.165, 1.54) is 36.0 Å². The van der Waals surface area contributed by atoms with Crippen LogP contribution in [0.4, 0.5) is 0 Å². The minimum atomic E-state index is -1.91.